The number of aryl methyl sites for hydroxylation is 1. The Balaban J connectivity index is 1.72. The second-order valence-corrected chi connectivity index (χ2v) is 9.90. The minimum Gasteiger partial charge on any atom is -0.493 e. The number of benzene rings is 3. The Hall–Kier alpha value is -3.43. The van der Waals surface area contributed by atoms with Crippen LogP contribution < -0.4 is 14.8 Å². The van der Waals surface area contributed by atoms with E-state index in [2.05, 4.69) is 5.32 Å². The first-order valence-electron chi connectivity index (χ1n) is 11.0. The van der Waals surface area contributed by atoms with Gasteiger partial charge in [-0.15, -0.1) is 0 Å². The quantitative estimate of drug-likeness (QED) is 0.434. The van der Waals surface area contributed by atoms with Gasteiger partial charge in [0.2, 0.25) is 15.9 Å². The molecule has 7 nitrogen and oxygen atoms in total. The molecular formula is C26H29FN2O5S. The van der Waals surface area contributed by atoms with Crippen molar-refractivity contribution in [3.05, 3.63) is 89.2 Å². The Labute approximate surface area is 205 Å². The van der Waals surface area contributed by atoms with E-state index in [4.69, 9.17) is 9.47 Å². The zero-order chi connectivity index (χ0) is 25.4. The third-order valence-electron chi connectivity index (χ3n) is 5.47. The topological polar surface area (TPSA) is 84.9 Å². The van der Waals surface area contributed by atoms with E-state index >= 15 is 0 Å². The smallest absolute Gasteiger partial charge is 0.243 e. The van der Waals surface area contributed by atoms with Crippen LogP contribution in [0.25, 0.3) is 0 Å². The Morgan fingerprint density at radius 3 is 2.31 bits per heavy atom. The van der Waals surface area contributed by atoms with Crippen molar-refractivity contribution in [2.75, 3.05) is 27.3 Å². The highest BCUT2D eigenvalue weighted by Crippen LogP contribution is 2.27. The fourth-order valence-corrected chi connectivity index (χ4v) is 4.87. The van der Waals surface area contributed by atoms with Gasteiger partial charge in [0, 0.05) is 18.7 Å². The maximum Gasteiger partial charge on any atom is 0.243 e. The van der Waals surface area contributed by atoms with Gasteiger partial charge < -0.3 is 14.8 Å². The van der Waals surface area contributed by atoms with Crippen molar-refractivity contribution in [3.63, 3.8) is 0 Å². The summed E-state index contributed by atoms with van der Waals surface area (Å²) in [5, 5.41) is 2.75. The van der Waals surface area contributed by atoms with E-state index in [0.717, 1.165) is 15.4 Å². The molecule has 0 unspecified atom stereocenters. The number of methoxy groups -OCH3 is 2. The Bertz CT molecular complexity index is 1260. The average Bonchev–Trinajstić information content (AvgIpc) is 2.85. The SMILES string of the molecule is COc1ccc(CCNC(=O)CN(Cc2ccccc2F)S(=O)(=O)c2ccc(C)cc2)cc1OC. The van der Waals surface area contributed by atoms with Gasteiger partial charge >= 0.3 is 0 Å². The summed E-state index contributed by atoms with van der Waals surface area (Å²) in [5.74, 6) is 0.157. The molecule has 0 saturated heterocycles. The van der Waals surface area contributed by atoms with Crippen LogP contribution in [0, 0.1) is 12.7 Å². The highest BCUT2D eigenvalue weighted by molar-refractivity contribution is 7.89. The zero-order valence-corrected chi connectivity index (χ0v) is 20.8. The second-order valence-electron chi connectivity index (χ2n) is 7.97. The molecule has 0 aliphatic heterocycles. The first kappa shape index (κ1) is 26.2. The van der Waals surface area contributed by atoms with E-state index in [1.165, 1.54) is 30.3 Å². The number of amides is 1. The molecule has 35 heavy (non-hydrogen) atoms. The van der Waals surface area contributed by atoms with Crippen LogP contribution in [0.15, 0.2) is 71.6 Å². The molecule has 0 aromatic heterocycles. The van der Waals surface area contributed by atoms with Gasteiger partial charge in [0.25, 0.3) is 0 Å². The lowest BCUT2D eigenvalue weighted by atomic mass is 10.1. The normalized spacial score (nSPS) is 11.3. The lowest BCUT2D eigenvalue weighted by Crippen LogP contribution is -2.41. The Morgan fingerprint density at radius 2 is 1.66 bits per heavy atom. The number of halogens is 1. The molecule has 0 saturated carbocycles. The van der Waals surface area contributed by atoms with Gasteiger partial charge in [-0.2, -0.15) is 4.31 Å². The molecule has 0 fully saturated rings. The molecule has 3 rings (SSSR count). The number of ether oxygens (including phenoxy) is 2. The predicted molar refractivity (Wildman–Crippen MR) is 131 cm³/mol. The van der Waals surface area contributed by atoms with Crippen molar-refractivity contribution >= 4 is 15.9 Å². The standard InChI is InChI=1S/C26H29FN2O5S/c1-19-8-11-22(12-9-19)35(31,32)29(17-21-6-4-5-7-23(21)27)18-26(30)28-15-14-20-10-13-24(33-2)25(16-20)34-3/h4-13,16H,14-15,17-18H2,1-3H3,(H,28,30). The first-order valence-corrected chi connectivity index (χ1v) is 12.5. The van der Waals surface area contributed by atoms with Crippen LogP contribution in [-0.2, 0) is 27.8 Å². The monoisotopic (exact) mass is 500 g/mol. The van der Waals surface area contributed by atoms with E-state index in [0.29, 0.717) is 17.9 Å². The van der Waals surface area contributed by atoms with Crippen LogP contribution in [0.3, 0.4) is 0 Å². The Morgan fingerprint density at radius 1 is 0.971 bits per heavy atom. The third kappa shape index (κ3) is 6.80. The van der Waals surface area contributed by atoms with Crippen LogP contribution in [0.5, 0.6) is 11.5 Å². The number of hydrogen-bond acceptors (Lipinski definition) is 5. The van der Waals surface area contributed by atoms with Crippen LogP contribution in [0.2, 0.25) is 0 Å². The van der Waals surface area contributed by atoms with Gasteiger partial charge in [-0.05, 0) is 49.2 Å². The number of nitrogens with zero attached hydrogens (tertiary/aromatic N) is 1. The van der Waals surface area contributed by atoms with E-state index in [1.54, 1.807) is 38.5 Å². The summed E-state index contributed by atoms with van der Waals surface area (Å²) >= 11 is 0. The minimum absolute atomic E-state index is 0.0394. The number of nitrogens with one attached hydrogen (secondary N) is 1. The summed E-state index contributed by atoms with van der Waals surface area (Å²) in [6.45, 7) is 1.41. The Kier molecular flexibility index (Phi) is 8.84. The summed E-state index contributed by atoms with van der Waals surface area (Å²) in [7, 11) is -0.952. The van der Waals surface area contributed by atoms with E-state index in [1.807, 2.05) is 19.1 Å². The molecule has 3 aromatic rings. The molecule has 0 aliphatic rings. The molecule has 9 heteroatoms. The molecule has 0 bridgehead atoms. The molecule has 0 spiro atoms. The molecule has 3 aromatic carbocycles. The van der Waals surface area contributed by atoms with Gasteiger partial charge in [-0.25, -0.2) is 12.8 Å². The van der Waals surface area contributed by atoms with Crippen molar-refractivity contribution in [2.24, 2.45) is 0 Å². The highest BCUT2D eigenvalue weighted by atomic mass is 32.2. The molecule has 0 radical (unpaired) electrons. The van der Waals surface area contributed by atoms with Crippen LogP contribution in [-0.4, -0.2) is 45.9 Å². The number of carbonyl (C=O) groups excluding carboxylic acids is 1. The summed E-state index contributed by atoms with van der Waals surface area (Å²) < 4.78 is 52.4. The van der Waals surface area contributed by atoms with Crippen molar-refractivity contribution < 1.29 is 27.1 Å². The van der Waals surface area contributed by atoms with E-state index < -0.39 is 28.3 Å². The van der Waals surface area contributed by atoms with Crippen molar-refractivity contribution in [1.29, 1.82) is 0 Å². The summed E-state index contributed by atoms with van der Waals surface area (Å²) in [5.41, 5.74) is 2.00. The summed E-state index contributed by atoms with van der Waals surface area (Å²) in [6, 6.07) is 17.7. The van der Waals surface area contributed by atoms with Crippen molar-refractivity contribution in [3.8, 4) is 11.5 Å². The van der Waals surface area contributed by atoms with Gasteiger partial charge in [0.05, 0.1) is 25.7 Å². The molecule has 1 N–H and O–H groups in total. The first-order chi connectivity index (χ1) is 16.7. The van der Waals surface area contributed by atoms with Crippen molar-refractivity contribution in [2.45, 2.75) is 24.8 Å². The molecule has 186 valence electrons. The largest absolute Gasteiger partial charge is 0.493 e. The minimum atomic E-state index is -4.05. The lowest BCUT2D eigenvalue weighted by Gasteiger charge is -2.22. The van der Waals surface area contributed by atoms with Gasteiger partial charge in [0.15, 0.2) is 11.5 Å². The summed E-state index contributed by atoms with van der Waals surface area (Å²) in [6.07, 6.45) is 0.504. The van der Waals surface area contributed by atoms with Gasteiger partial charge in [-0.1, -0.05) is 42.0 Å². The maximum absolute atomic E-state index is 14.3. The lowest BCUT2D eigenvalue weighted by molar-refractivity contribution is -0.121. The maximum atomic E-state index is 14.3. The number of sulfonamides is 1. The van der Waals surface area contributed by atoms with Gasteiger partial charge in [0.1, 0.15) is 5.82 Å². The van der Waals surface area contributed by atoms with E-state index in [9.17, 15) is 17.6 Å². The van der Waals surface area contributed by atoms with Crippen LogP contribution in [0.1, 0.15) is 16.7 Å². The third-order valence-corrected chi connectivity index (χ3v) is 7.27. The molecule has 0 heterocycles. The van der Waals surface area contributed by atoms with Crippen LogP contribution in [0.4, 0.5) is 4.39 Å². The highest BCUT2D eigenvalue weighted by Gasteiger charge is 2.27. The molecule has 0 aliphatic carbocycles. The molecule has 1 amide bonds. The average molecular weight is 501 g/mol. The summed E-state index contributed by atoms with van der Waals surface area (Å²) in [4.78, 5) is 12.8. The zero-order valence-electron chi connectivity index (χ0n) is 20.0. The fraction of sp³-hybridized carbons (Fsp3) is 0.269. The molecule has 0 atom stereocenters. The predicted octanol–water partition coefficient (Wildman–Crippen LogP) is 3.70. The fourth-order valence-electron chi connectivity index (χ4n) is 3.50. The number of rotatable bonds is 11. The van der Waals surface area contributed by atoms with E-state index in [-0.39, 0.29) is 23.5 Å². The van der Waals surface area contributed by atoms with Gasteiger partial charge in [-0.3, -0.25) is 4.79 Å². The van der Waals surface area contributed by atoms with Crippen molar-refractivity contribution in [1.82, 2.24) is 9.62 Å². The number of hydrogen-bond donors (Lipinski definition) is 1. The second kappa shape index (κ2) is 11.8. The number of carbonyl (C=O) groups is 1. The molecular weight excluding hydrogens is 471 g/mol. The van der Waals surface area contributed by atoms with Crippen LogP contribution >= 0.6 is 0 Å².